The third kappa shape index (κ3) is 5.70. The van der Waals surface area contributed by atoms with Gasteiger partial charge in [-0.1, -0.05) is 36.4 Å². The molecule has 2 aromatic carbocycles. The third-order valence-corrected chi connectivity index (χ3v) is 6.75. The minimum absolute atomic E-state index is 0.122. The first-order chi connectivity index (χ1) is 15.1. The lowest BCUT2D eigenvalue weighted by Gasteiger charge is -2.30. The summed E-state index contributed by atoms with van der Waals surface area (Å²) >= 11 is 1.59. The summed E-state index contributed by atoms with van der Waals surface area (Å²) in [6.07, 6.45) is 4.05. The van der Waals surface area contributed by atoms with Gasteiger partial charge in [-0.05, 0) is 43.9 Å². The van der Waals surface area contributed by atoms with Crippen LogP contribution in [0.1, 0.15) is 25.7 Å². The molecule has 5 nitrogen and oxygen atoms in total. The highest BCUT2D eigenvalue weighted by Crippen LogP contribution is 2.29. The maximum atomic E-state index is 12.3. The smallest absolute Gasteiger partial charge is 0.230 e. The van der Waals surface area contributed by atoms with Crippen molar-refractivity contribution in [1.29, 1.82) is 0 Å². The third-order valence-electron chi connectivity index (χ3n) is 5.73. The fraction of sp³-hybridized carbons (Fsp3) is 0.360. The number of nitrogens with zero attached hydrogens (tertiary/aromatic N) is 2. The van der Waals surface area contributed by atoms with Crippen molar-refractivity contribution in [3.8, 4) is 0 Å². The van der Waals surface area contributed by atoms with Crippen LogP contribution in [0.15, 0.2) is 65.6 Å². The largest absolute Gasteiger partial charge is 0.377 e. The van der Waals surface area contributed by atoms with Crippen LogP contribution in [-0.4, -0.2) is 42.8 Å². The second-order valence-corrected chi connectivity index (χ2v) is 9.35. The number of carbonyl (C=O) groups is 1. The molecule has 2 N–H and O–H groups in total. The Morgan fingerprint density at radius 1 is 1.00 bits per heavy atom. The number of thioether (sulfide) groups is 1. The second kappa shape index (κ2) is 10.1. The molecule has 1 saturated carbocycles. The molecule has 0 aliphatic heterocycles. The lowest BCUT2D eigenvalue weighted by atomic mass is 9.91. The summed E-state index contributed by atoms with van der Waals surface area (Å²) in [5.74, 6) is 1.52. The van der Waals surface area contributed by atoms with Crippen LogP contribution in [-0.2, 0) is 4.79 Å². The summed E-state index contributed by atoms with van der Waals surface area (Å²) in [7, 11) is 4.13. The maximum absolute atomic E-state index is 12.3. The molecule has 0 spiro atoms. The normalized spacial score (nSPS) is 18.5. The molecule has 0 saturated heterocycles. The highest BCUT2D eigenvalue weighted by Gasteiger charge is 2.23. The van der Waals surface area contributed by atoms with Gasteiger partial charge in [0.15, 0.2) is 0 Å². The summed E-state index contributed by atoms with van der Waals surface area (Å²) in [6.45, 7) is 0. The van der Waals surface area contributed by atoms with Crippen LogP contribution in [0.2, 0.25) is 0 Å². The molecule has 0 radical (unpaired) electrons. The molecular formula is C25H30N4OS. The van der Waals surface area contributed by atoms with Crippen molar-refractivity contribution in [3.63, 3.8) is 0 Å². The highest BCUT2D eigenvalue weighted by atomic mass is 32.2. The van der Waals surface area contributed by atoms with Crippen LogP contribution in [0.3, 0.4) is 0 Å². The van der Waals surface area contributed by atoms with Gasteiger partial charge in [-0.2, -0.15) is 0 Å². The standard InChI is InChI=1S/C25H30N4OS/c1-29(2)23-16-24(28-22-11-7-6-10-21(22)23)26-18-12-14-19(15-13-18)27-25(30)17-31-20-8-4-3-5-9-20/h3-11,16,18-19H,12-15,17H2,1-2H3,(H,26,28)(H,27,30). The van der Waals surface area contributed by atoms with Gasteiger partial charge in [0.1, 0.15) is 5.82 Å². The summed E-state index contributed by atoms with van der Waals surface area (Å²) in [5, 5.41) is 8.01. The molecule has 1 amide bonds. The van der Waals surface area contributed by atoms with E-state index in [1.54, 1.807) is 11.8 Å². The zero-order valence-corrected chi connectivity index (χ0v) is 19.0. The number of hydrogen-bond donors (Lipinski definition) is 2. The molecule has 31 heavy (non-hydrogen) atoms. The average Bonchev–Trinajstić information content (AvgIpc) is 2.79. The van der Waals surface area contributed by atoms with Gasteiger partial charge in [-0.3, -0.25) is 4.79 Å². The Kier molecular flexibility index (Phi) is 6.97. The highest BCUT2D eigenvalue weighted by molar-refractivity contribution is 8.00. The van der Waals surface area contributed by atoms with E-state index in [0.717, 1.165) is 47.3 Å². The number of aromatic nitrogens is 1. The monoisotopic (exact) mass is 434 g/mol. The first kappa shape index (κ1) is 21.5. The van der Waals surface area contributed by atoms with Crippen LogP contribution in [0.5, 0.6) is 0 Å². The fourth-order valence-electron chi connectivity index (χ4n) is 4.13. The summed E-state index contributed by atoms with van der Waals surface area (Å²) in [4.78, 5) is 20.4. The van der Waals surface area contributed by atoms with Gasteiger partial charge >= 0.3 is 0 Å². The second-order valence-electron chi connectivity index (χ2n) is 8.30. The Morgan fingerprint density at radius 2 is 1.68 bits per heavy atom. The number of nitrogens with one attached hydrogen (secondary N) is 2. The van der Waals surface area contributed by atoms with E-state index in [1.165, 1.54) is 5.69 Å². The molecule has 1 fully saturated rings. The first-order valence-corrected chi connectivity index (χ1v) is 11.9. The van der Waals surface area contributed by atoms with Crippen molar-refractivity contribution in [2.24, 2.45) is 0 Å². The van der Waals surface area contributed by atoms with Crippen molar-refractivity contribution in [2.75, 3.05) is 30.1 Å². The van der Waals surface area contributed by atoms with Crippen LogP contribution in [0.4, 0.5) is 11.5 Å². The van der Waals surface area contributed by atoms with E-state index in [9.17, 15) is 4.79 Å². The van der Waals surface area contributed by atoms with E-state index < -0.39 is 0 Å². The summed E-state index contributed by atoms with van der Waals surface area (Å²) in [5.41, 5.74) is 2.18. The quantitative estimate of drug-likeness (QED) is 0.516. The Bertz CT molecular complexity index is 1020. The molecule has 0 unspecified atom stereocenters. The Balaban J connectivity index is 1.29. The van der Waals surface area contributed by atoms with Gasteiger partial charge < -0.3 is 15.5 Å². The fourth-order valence-corrected chi connectivity index (χ4v) is 4.86. The number of benzene rings is 2. The van der Waals surface area contributed by atoms with E-state index in [-0.39, 0.29) is 11.9 Å². The Morgan fingerprint density at radius 3 is 2.42 bits per heavy atom. The van der Waals surface area contributed by atoms with Gasteiger partial charge in [0.25, 0.3) is 0 Å². The molecular weight excluding hydrogens is 404 g/mol. The molecule has 1 aromatic heterocycles. The number of fused-ring (bicyclic) bond motifs is 1. The van der Waals surface area contributed by atoms with Crippen molar-refractivity contribution in [2.45, 2.75) is 42.7 Å². The average molecular weight is 435 g/mol. The topological polar surface area (TPSA) is 57.3 Å². The molecule has 3 aromatic rings. The van der Waals surface area contributed by atoms with E-state index >= 15 is 0 Å². The molecule has 1 aliphatic carbocycles. The molecule has 0 bridgehead atoms. The van der Waals surface area contributed by atoms with Crippen LogP contribution < -0.4 is 15.5 Å². The lowest BCUT2D eigenvalue weighted by Crippen LogP contribution is -2.41. The van der Waals surface area contributed by atoms with E-state index in [1.807, 2.05) is 36.4 Å². The molecule has 162 valence electrons. The molecule has 6 heteroatoms. The number of carbonyl (C=O) groups excluding carboxylic acids is 1. The lowest BCUT2D eigenvalue weighted by molar-refractivity contribution is -0.119. The predicted molar refractivity (Wildman–Crippen MR) is 131 cm³/mol. The van der Waals surface area contributed by atoms with E-state index in [4.69, 9.17) is 4.98 Å². The SMILES string of the molecule is CN(C)c1cc(NC2CCC(NC(=O)CSc3ccccc3)CC2)nc2ccccc12. The summed E-state index contributed by atoms with van der Waals surface area (Å²) in [6, 6.07) is 21.1. The Labute approximate surface area is 188 Å². The molecule has 1 aliphatic rings. The van der Waals surface area contributed by atoms with Crippen molar-refractivity contribution < 1.29 is 4.79 Å². The zero-order chi connectivity index (χ0) is 21.6. The van der Waals surface area contributed by atoms with Gasteiger partial charge in [0.05, 0.1) is 11.3 Å². The number of para-hydroxylation sites is 1. The minimum Gasteiger partial charge on any atom is -0.377 e. The van der Waals surface area contributed by atoms with Gasteiger partial charge in [-0.25, -0.2) is 4.98 Å². The number of anilines is 2. The Hall–Kier alpha value is -2.73. The van der Waals surface area contributed by atoms with Crippen molar-refractivity contribution in [1.82, 2.24) is 10.3 Å². The van der Waals surface area contributed by atoms with Crippen LogP contribution >= 0.6 is 11.8 Å². The van der Waals surface area contributed by atoms with Crippen molar-refractivity contribution >= 4 is 40.1 Å². The minimum atomic E-state index is 0.122. The number of amides is 1. The van der Waals surface area contributed by atoms with Crippen LogP contribution in [0.25, 0.3) is 10.9 Å². The molecule has 4 rings (SSSR count). The van der Waals surface area contributed by atoms with Crippen LogP contribution in [0, 0.1) is 0 Å². The molecule has 1 heterocycles. The first-order valence-electron chi connectivity index (χ1n) is 10.9. The maximum Gasteiger partial charge on any atom is 0.230 e. The van der Waals surface area contributed by atoms with Gasteiger partial charge in [0, 0.05) is 48.2 Å². The summed E-state index contributed by atoms with van der Waals surface area (Å²) < 4.78 is 0. The van der Waals surface area contributed by atoms with Gasteiger partial charge in [-0.15, -0.1) is 11.8 Å². The predicted octanol–water partition coefficient (Wildman–Crippen LogP) is 4.93. The van der Waals surface area contributed by atoms with Gasteiger partial charge in [0.2, 0.25) is 5.91 Å². The van der Waals surface area contributed by atoms with Crippen molar-refractivity contribution in [3.05, 3.63) is 60.7 Å². The number of rotatable bonds is 7. The zero-order valence-electron chi connectivity index (χ0n) is 18.2. The van der Waals surface area contributed by atoms with E-state index in [2.05, 4.69) is 53.9 Å². The molecule has 0 atom stereocenters. The number of hydrogen-bond acceptors (Lipinski definition) is 5. The number of pyridine rings is 1. The van der Waals surface area contributed by atoms with E-state index in [0.29, 0.717) is 11.8 Å².